The number of rotatable bonds is 6. The number of carbonyl (C=O) groups excluding carboxylic acids is 1. The van der Waals surface area contributed by atoms with Gasteiger partial charge in [0.05, 0.1) is 6.54 Å². The number of hydrogen-bond acceptors (Lipinski definition) is 3. The molecule has 4 heteroatoms. The van der Waals surface area contributed by atoms with Crippen molar-refractivity contribution in [3.8, 4) is 0 Å². The van der Waals surface area contributed by atoms with Crippen LogP contribution in [0.15, 0.2) is 16.5 Å². The van der Waals surface area contributed by atoms with E-state index in [1.807, 2.05) is 44.7 Å². The number of nitrogens with two attached hydrogens (primary N) is 1. The smallest absolute Gasteiger partial charge is 0.223 e. The van der Waals surface area contributed by atoms with Crippen LogP contribution in [-0.2, 0) is 11.3 Å². The van der Waals surface area contributed by atoms with Crippen LogP contribution in [0, 0.1) is 12.8 Å². The van der Waals surface area contributed by atoms with E-state index in [0.29, 0.717) is 19.5 Å². The summed E-state index contributed by atoms with van der Waals surface area (Å²) in [7, 11) is 0. The Hall–Kier alpha value is -1.29. The first-order valence-corrected chi connectivity index (χ1v) is 6.48. The molecule has 0 saturated carbocycles. The van der Waals surface area contributed by atoms with Crippen LogP contribution in [0.4, 0.5) is 0 Å². The molecule has 0 aliphatic rings. The van der Waals surface area contributed by atoms with E-state index < -0.39 is 0 Å². The quantitative estimate of drug-likeness (QED) is 0.845. The van der Waals surface area contributed by atoms with Gasteiger partial charge in [-0.05, 0) is 45.4 Å². The molecule has 0 radical (unpaired) electrons. The maximum atomic E-state index is 12.2. The molecule has 0 aliphatic heterocycles. The zero-order chi connectivity index (χ0) is 13.7. The lowest BCUT2D eigenvalue weighted by molar-refractivity contribution is -0.134. The van der Waals surface area contributed by atoms with E-state index in [2.05, 4.69) is 0 Å². The number of amides is 1. The molecule has 1 atom stereocenters. The van der Waals surface area contributed by atoms with Crippen molar-refractivity contribution in [3.05, 3.63) is 23.7 Å². The lowest BCUT2D eigenvalue weighted by Crippen LogP contribution is -2.37. The van der Waals surface area contributed by atoms with Crippen molar-refractivity contribution in [2.75, 3.05) is 6.54 Å². The first-order valence-electron chi connectivity index (χ1n) is 6.48. The molecule has 1 unspecified atom stereocenters. The summed E-state index contributed by atoms with van der Waals surface area (Å²) in [5, 5.41) is 0. The fourth-order valence-corrected chi connectivity index (χ4v) is 1.80. The standard InChI is InChI=1S/C14H24N2O2/c1-10(2)16(14(17)7-11(3)8-15)9-13-6-5-12(4)18-13/h5-6,10-11H,7-9,15H2,1-4H3. The number of carbonyl (C=O) groups is 1. The molecule has 1 aromatic rings. The van der Waals surface area contributed by atoms with E-state index in [9.17, 15) is 4.79 Å². The first-order chi connectivity index (χ1) is 8.43. The lowest BCUT2D eigenvalue weighted by atomic mass is 10.1. The Balaban J connectivity index is 2.68. The molecule has 0 bridgehead atoms. The third kappa shape index (κ3) is 4.18. The molecule has 0 fully saturated rings. The number of nitrogens with zero attached hydrogens (tertiary/aromatic N) is 1. The van der Waals surface area contributed by atoms with Crippen molar-refractivity contribution >= 4 is 5.91 Å². The molecule has 102 valence electrons. The van der Waals surface area contributed by atoms with Gasteiger partial charge < -0.3 is 15.1 Å². The Morgan fingerprint density at radius 2 is 2.06 bits per heavy atom. The normalized spacial score (nSPS) is 12.8. The predicted molar refractivity (Wildman–Crippen MR) is 72.0 cm³/mol. The van der Waals surface area contributed by atoms with Gasteiger partial charge in [-0.25, -0.2) is 0 Å². The average molecular weight is 252 g/mol. The molecule has 1 rings (SSSR count). The SMILES string of the molecule is Cc1ccc(CN(C(=O)CC(C)CN)C(C)C)o1. The average Bonchev–Trinajstić information content (AvgIpc) is 2.71. The molecular weight excluding hydrogens is 228 g/mol. The molecule has 2 N–H and O–H groups in total. The maximum absolute atomic E-state index is 12.2. The van der Waals surface area contributed by atoms with Crippen LogP contribution in [0.25, 0.3) is 0 Å². The van der Waals surface area contributed by atoms with Crippen molar-refractivity contribution in [3.63, 3.8) is 0 Å². The highest BCUT2D eigenvalue weighted by atomic mass is 16.3. The number of aryl methyl sites for hydroxylation is 1. The summed E-state index contributed by atoms with van der Waals surface area (Å²) in [5.74, 6) is 2.06. The fraction of sp³-hybridized carbons (Fsp3) is 0.643. The third-order valence-corrected chi connectivity index (χ3v) is 2.99. The van der Waals surface area contributed by atoms with Gasteiger partial charge in [-0.3, -0.25) is 4.79 Å². The van der Waals surface area contributed by atoms with Crippen molar-refractivity contribution in [1.82, 2.24) is 4.90 Å². The minimum atomic E-state index is 0.136. The van der Waals surface area contributed by atoms with Gasteiger partial charge in [0.1, 0.15) is 11.5 Å². The summed E-state index contributed by atoms with van der Waals surface area (Å²) < 4.78 is 5.53. The largest absolute Gasteiger partial charge is 0.464 e. The van der Waals surface area contributed by atoms with Crippen LogP contribution in [0.3, 0.4) is 0 Å². The molecule has 1 amide bonds. The monoisotopic (exact) mass is 252 g/mol. The van der Waals surface area contributed by atoms with Gasteiger partial charge in [0.2, 0.25) is 5.91 Å². The van der Waals surface area contributed by atoms with Gasteiger partial charge in [-0.1, -0.05) is 6.92 Å². The molecule has 1 heterocycles. The third-order valence-electron chi connectivity index (χ3n) is 2.99. The first kappa shape index (κ1) is 14.8. The highest BCUT2D eigenvalue weighted by Gasteiger charge is 2.20. The van der Waals surface area contributed by atoms with Crippen molar-refractivity contribution < 1.29 is 9.21 Å². The Morgan fingerprint density at radius 3 is 2.50 bits per heavy atom. The van der Waals surface area contributed by atoms with Gasteiger partial charge in [0, 0.05) is 12.5 Å². The Bertz CT molecular complexity index is 385. The van der Waals surface area contributed by atoms with Crippen LogP contribution in [0.1, 0.15) is 38.7 Å². The summed E-state index contributed by atoms with van der Waals surface area (Å²) in [6.07, 6.45) is 0.494. The number of furan rings is 1. The van der Waals surface area contributed by atoms with E-state index in [4.69, 9.17) is 10.2 Å². The van der Waals surface area contributed by atoms with Gasteiger partial charge in [-0.2, -0.15) is 0 Å². The van der Waals surface area contributed by atoms with Crippen molar-refractivity contribution in [1.29, 1.82) is 0 Å². The highest BCUT2D eigenvalue weighted by Crippen LogP contribution is 2.14. The zero-order valence-electron chi connectivity index (χ0n) is 11.8. The Kier molecular flexibility index (Phi) is 5.41. The van der Waals surface area contributed by atoms with E-state index in [0.717, 1.165) is 11.5 Å². The van der Waals surface area contributed by atoms with Crippen molar-refractivity contribution in [2.24, 2.45) is 11.7 Å². The van der Waals surface area contributed by atoms with Gasteiger partial charge in [0.15, 0.2) is 0 Å². The highest BCUT2D eigenvalue weighted by molar-refractivity contribution is 5.76. The maximum Gasteiger partial charge on any atom is 0.223 e. The Labute approximate surface area is 109 Å². The van der Waals surface area contributed by atoms with E-state index in [-0.39, 0.29) is 17.9 Å². The van der Waals surface area contributed by atoms with E-state index in [1.165, 1.54) is 0 Å². The second-order valence-corrected chi connectivity index (χ2v) is 5.17. The van der Waals surface area contributed by atoms with Crippen molar-refractivity contribution in [2.45, 2.75) is 46.7 Å². The molecule has 0 aromatic carbocycles. The molecule has 0 aliphatic carbocycles. The van der Waals surface area contributed by atoms with E-state index >= 15 is 0 Å². The summed E-state index contributed by atoms with van der Waals surface area (Å²) in [5.41, 5.74) is 5.56. The minimum Gasteiger partial charge on any atom is -0.464 e. The zero-order valence-corrected chi connectivity index (χ0v) is 11.8. The molecule has 0 saturated heterocycles. The Morgan fingerprint density at radius 1 is 1.39 bits per heavy atom. The molecule has 0 spiro atoms. The fourth-order valence-electron chi connectivity index (χ4n) is 1.80. The summed E-state index contributed by atoms with van der Waals surface area (Å²) >= 11 is 0. The topological polar surface area (TPSA) is 59.5 Å². The van der Waals surface area contributed by atoms with Crippen LogP contribution in [0.2, 0.25) is 0 Å². The minimum absolute atomic E-state index is 0.136. The molecule has 4 nitrogen and oxygen atoms in total. The van der Waals surface area contributed by atoms with E-state index in [1.54, 1.807) is 0 Å². The van der Waals surface area contributed by atoms with Gasteiger partial charge in [0.25, 0.3) is 0 Å². The summed E-state index contributed by atoms with van der Waals surface area (Å²) in [6.45, 7) is 9.00. The van der Waals surface area contributed by atoms with Gasteiger partial charge >= 0.3 is 0 Å². The van der Waals surface area contributed by atoms with Gasteiger partial charge in [-0.15, -0.1) is 0 Å². The second kappa shape index (κ2) is 6.59. The second-order valence-electron chi connectivity index (χ2n) is 5.17. The summed E-state index contributed by atoms with van der Waals surface area (Å²) in [6, 6.07) is 4.00. The molecule has 1 aromatic heterocycles. The van der Waals surface area contributed by atoms with Crippen LogP contribution < -0.4 is 5.73 Å². The molecule has 18 heavy (non-hydrogen) atoms. The summed E-state index contributed by atoms with van der Waals surface area (Å²) in [4.78, 5) is 14.0. The van der Waals surface area contributed by atoms with Crippen LogP contribution in [-0.4, -0.2) is 23.4 Å². The van der Waals surface area contributed by atoms with Crippen LogP contribution >= 0.6 is 0 Å². The predicted octanol–water partition coefficient (Wildman–Crippen LogP) is 2.31. The van der Waals surface area contributed by atoms with Crippen LogP contribution in [0.5, 0.6) is 0 Å². The lowest BCUT2D eigenvalue weighted by Gasteiger charge is -2.27. The molecular formula is C14H24N2O2. The number of hydrogen-bond donors (Lipinski definition) is 1.